The van der Waals surface area contributed by atoms with Crippen LogP contribution in [0, 0.1) is 17.2 Å². The molecular weight excluding hydrogens is 449 g/mol. The van der Waals surface area contributed by atoms with Crippen LogP contribution in [-0.2, 0) is 6.42 Å². The second kappa shape index (κ2) is 8.16. The molecule has 2 aromatic heterocycles. The van der Waals surface area contributed by atoms with Crippen molar-refractivity contribution in [2.24, 2.45) is 11.3 Å². The van der Waals surface area contributed by atoms with E-state index in [1.165, 1.54) is 28.8 Å². The third-order valence-corrected chi connectivity index (χ3v) is 8.51. The van der Waals surface area contributed by atoms with Gasteiger partial charge in [0.2, 0.25) is 0 Å². The average Bonchev–Trinajstić information content (AvgIpc) is 3.55. The Balaban J connectivity index is 1.21. The number of rotatable bonds is 3. The largest absolute Gasteiger partial charge is 0.440 e. The van der Waals surface area contributed by atoms with Crippen LogP contribution in [0.5, 0.6) is 0 Å². The summed E-state index contributed by atoms with van der Waals surface area (Å²) in [5.74, 6) is 2.24. The summed E-state index contributed by atoms with van der Waals surface area (Å²) in [4.78, 5) is 4.76. The molecule has 0 aliphatic heterocycles. The molecule has 3 atom stereocenters. The van der Waals surface area contributed by atoms with Crippen molar-refractivity contribution >= 4 is 6.08 Å². The maximum atomic E-state index is 13.5. The summed E-state index contributed by atoms with van der Waals surface area (Å²) in [7, 11) is 0. The number of hydrogen-bond donors (Lipinski definition) is 0. The molecule has 0 bridgehead atoms. The molecule has 0 N–H and O–H groups in total. The molecule has 4 aromatic rings. The van der Waals surface area contributed by atoms with Crippen LogP contribution in [0.25, 0.3) is 23.1 Å². The fourth-order valence-corrected chi connectivity index (χ4v) is 6.70. The highest BCUT2D eigenvalue weighted by molar-refractivity contribution is 5.64. The summed E-state index contributed by atoms with van der Waals surface area (Å²) in [6, 6.07) is 16.8. The van der Waals surface area contributed by atoms with Crippen LogP contribution in [0.4, 0.5) is 4.39 Å². The van der Waals surface area contributed by atoms with Crippen LogP contribution >= 0.6 is 0 Å². The van der Waals surface area contributed by atoms with Gasteiger partial charge in [-0.1, -0.05) is 54.5 Å². The average molecular weight is 478 g/mol. The van der Waals surface area contributed by atoms with Crippen LogP contribution in [0.1, 0.15) is 55.7 Å². The lowest BCUT2D eigenvalue weighted by Gasteiger charge is -2.48. The molecule has 180 valence electrons. The zero-order valence-electron chi connectivity index (χ0n) is 20.3. The standard InChI is InChI=1S/C31H28FN3O/c1-31-17-21-18-34-35(24-13-11-23(32)12-14-24)28(21)16-22(31)10-15-25-26(8-5-9-27(25)31)30-33-19-29(36-30)20-6-3-2-4-7-20/h2-4,6-7,9,11-14,16,18-19,25-26H,5,8,10,15,17H2,1H3/t25-,26-,31+/m1/s1. The first-order valence-corrected chi connectivity index (χ1v) is 12.9. The van der Waals surface area contributed by atoms with E-state index in [9.17, 15) is 4.39 Å². The predicted molar refractivity (Wildman–Crippen MR) is 138 cm³/mol. The Bertz CT molecular complexity index is 1490. The van der Waals surface area contributed by atoms with Gasteiger partial charge in [0.25, 0.3) is 0 Å². The molecule has 0 spiro atoms. The van der Waals surface area contributed by atoms with Crippen LogP contribution in [-0.4, -0.2) is 14.8 Å². The van der Waals surface area contributed by atoms with Gasteiger partial charge in [0.15, 0.2) is 11.7 Å². The second-order valence-corrected chi connectivity index (χ2v) is 10.5. The highest BCUT2D eigenvalue weighted by Gasteiger charge is 2.47. The van der Waals surface area contributed by atoms with Crippen molar-refractivity contribution in [1.82, 2.24) is 14.8 Å². The number of nitrogens with zero attached hydrogens (tertiary/aromatic N) is 3. The van der Waals surface area contributed by atoms with E-state index in [0.29, 0.717) is 11.8 Å². The van der Waals surface area contributed by atoms with E-state index in [-0.39, 0.29) is 11.2 Å². The predicted octanol–water partition coefficient (Wildman–Crippen LogP) is 7.53. The van der Waals surface area contributed by atoms with E-state index >= 15 is 0 Å². The van der Waals surface area contributed by atoms with Crippen molar-refractivity contribution in [3.8, 4) is 17.0 Å². The van der Waals surface area contributed by atoms with Gasteiger partial charge in [0.05, 0.1) is 23.8 Å². The van der Waals surface area contributed by atoms with Gasteiger partial charge in [-0.15, -0.1) is 0 Å². The molecule has 0 amide bonds. The Morgan fingerprint density at radius 3 is 2.67 bits per heavy atom. The molecule has 0 saturated heterocycles. The zero-order valence-corrected chi connectivity index (χ0v) is 20.3. The molecule has 1 saturated carbocycles. The highest BCUT2D eigenvalue weighted by Crippen LogP contribution is 2.58. The van der Waals surface area contributed by atoms with Gasteiger partial charge < -0.3 is 4.42 Å². The van der Waals surface area contributed by atoms with Crippen molar-refractivity contribution in [3.63, 3.8) is 0 Å². The number of aromatic nitrogens is 3. The summed E-state index contributed by atoms with van der Waals surface area (Å²) >= 11 is 0. The summed E-state index contributed by atoms with van der Waals surface area (Å²) < 4.78 is 21.8. The SMILES string of the molecule is C[C@]12Cc3cnn(-c4ccc(F)cc4)c3C=C1CC[C@H]1C2=CCC[C@H]1c1ncc(-c2ccccc2)o1. The maximum absolute atomic E-state index is 13.5. The first-order chi connectivity index (χ1) is 17.6. The summed E-state index contributed by atoms with van der Waals surface area (Å²) in [5, 5.41) is 4.69. The molecule has 1 fully saturated rings. The summed E-state index contributed by atoms with van der Waals surface area (Å²) in [6.07, 6.45) is 13.9. The fraction of sp³-hybridized carbons (Fsp3) is 0.290. The topological polar surface area (TPSA) is 43.9 Å². The molecule has 3 aliphatic rings. The highest BCUT2D eigenvalue weighted by atomic mass is 19.1. The number of fused-ring (bicyclic) bond motifs is 4. The Hall–Kier alpha value is -3.73. The van der Waals surface area contributed by atoms with E-state index in [4.69, 9.17) is 14.5 Å². The van der Waals surface area contributed by atoms with Crippen LogP contribution in [0.15, 0.2) is 88.6 Å². The molecule has 0 unspecified atom stereocenters. The molecule has 5 heteroatoms. The monoisotopic (exact) mass is 477 g/mol. The zero-order chi connectivity index (χ0) is 24.3. The number of oxazole rings is 1. The van der Waals surface area contributed by atoms with Gasteiger partial charge in [0.1, 0.15) is 5.82 Å². The smallest absolute Gasteiger partial charge is 0.198 e. The van der Waals surface area contributed by atoms with Crippen molar-refractivity contribution in [2.45, 2.75) is 44.9 Å². The lowest BCUT2D eigenvalue weighted by atomic mass is 9.55. The van der Waals surface area contributed by atoms with E-state index in [0.717, 1.165) is 60.7 Å². The van der Waals surface area contributed by atoms with Crippen molar-refractivity contribution in [3.05, 3.63) is 107 Å². The molecule has 7 rings (SSSR count). The first kappa shape index (κ1) is 21.5. The number of halogens is 1. The van der Waals surface area contributed by atoms with Gasteiger partial charge in [-0.05, 0) is 73.9 Å². The van der Waals surface area contributed by atoms with Gasteiger partial charge in [-0.25, -0.2) is 14.1 Å². The van der Waals surface area contributed by atoms with Crippen molar-refractivity contribution in [1.29, 1.82) is 0 Å². The quantitative estimate of drug-likeness (QED) is 0.287. The van der Waals surface area contributed by atoms with E-state index < -0.39 is 0 Å². The van der Waals surface area contributed by atoms with Crippen molar-refractivity contribution in [2.75, 3.05) is 0 Å². The van der Waals surface area contributed by atoms with Crippen molar-refractivity contribution < 1.29 is 8.81 Å². The number of hydrogen-bond acceptors (Lipinski definition) is 3. The lowest BCUT2D eigenvalue weighted by Crippen LogP contribution is -2.38. The first-order valence-electron chi connectivity index (χ1n) is 12.9. The third kappa shape index (κ3) is 3.33. The van der Waals surface area contributed by atoms with Gasteiger partial charge in [0, 0.05) is 16.9 Å². The summed E-state index contributed by atoms with van der Waals surface area (Å²) in [5.41, 5.74) is 7.33. The third-order valence-electron chi connectivity index (χ3n) is 8.51. The molecule has 4 nitrogen and oxygen atoms in total. The molecule has 3 aliphatic carbocycles. The lowest BCUT2D eigenvalue weighted by molar-refractivity contribution is 0.257. The Labute approximate surface area is 210 Å². The van der Waals surface area contributed by atoms with Gasteiger partial charge in [-0.3, -0.25) is 0 Å². The van der Waals surface area contributed by atoms with E-state index in [2.05, 4.69) is 31.2 Å². The van der Waals surface area contributed by atoms with E-state index in [1.807, 2.05) is 35.3 Å². The minimum Gasteiger partial charge on any atom is -0.440 e. The van der Waals surface area contributed by atoms with Gasteiger partial charge >= 0.3 is 0 Å². The Morgan fingerprint density at radius 2 is 1.83 bits per heavy atom. The molecule has 0 radical (unpaired) electrons. The number of allylic oxidation sites excluding steroid dienone is 3. The van der Waals surface area contributed by atoms with Crippen LogP contribution < -0.4 is 0 Å². The minimum atomic E-state index is -0.232. The maximum Gasteiger partial charge on any atom is 0.198 e. The second-order valence-electron chi connectivity index (χ2n) is 10.5. The molecule has 36 heavy (non-hydrogen) atoms. The molecule has 2 heterocycles. The minimum absolute atomic E-state index is 0.0138. The molecule has 2 aromatic carbocycles. The fourth-order valence-electron chi connectivity index (χ4n) is 6.70. The Morgan fingerprint density at radius 1 is 1.00 bits per heavy atom. The van der Waals surface area contributed by atoms with Crippen LogP contribution in [0.2, 0.25) is 0 Å². The summed E-state index contributed by atoms with van der Waals surface area (Å²) in [6.45, 7) is 2.41. The van der Waals surface area contributed by atoms with Crippen LogP contribution in [0.3, 0.4) is 0 Å². The van der Waals surface area contributed by atoms with Gasteiger partial charge in [-0.2, -0.15) is 5.10 Å². The number of benzene rings is 2. The van der Waals surface area contributed by atoms with E-state index in [1.54, 1.807) is 12.1 Å². The molecular formula is C31H28FN3O. The normalized spacial score (nSPS) is 24.8. The Kier molecular flexibility index (Phi) is 4.88.